The quantitative estimate of drug-likeness (QED) is 0.707. The maximum absolute atomic E-state index is 12.9. The van der Waals surface area contributed by atoms with Gasteiger partial charge in [0, 0.05) is 5.56 Å². The van der Waals surface area contributed by atoms with Crippen LogP contribution < -0.4 is 5.43 Å². The van der Waals surface area contributed by atoms with E-state index < -0.39 is 0 Å². The maximum Gasteiger partial charge on any atom is 0.213 e. The fourth-order valence-electron chi connectivity index (χ4n) is 2.76. The number of Topliss-reactive ketones (excluding diaryl/α,β-unsaturated/α-hetero) is 1. The van der Waals surface area contributed by atoms with Crippen molar-refractivity contribution >= 4 is 34.0 Å². The Morgan fingerprint density at radius 1 is 0.826 bits per heavy atom. The Labute approximate surface area is 134 Å². The number of hydrogen-bond acceptors (Lipinski definition) is 3. The van der Waals surface area contributed by atoms with E-state index in [2.05, 4.69) is 10.5 Å². The number of para-hydroxylation sites is 1. The lowest BCUT2D eigenvalue weighted by Gasteiger charge is -2.06. The minimum absolute atomic E-state index is 0.0849. The molecule has 0 unspecified atom stereocenters. The van der Waals surface area contributed by atoms with Crippen molar-refractivity contribution in [1.82, 2.24) is 0 Å². The van der Waals surface area contributed by atoms with Gasteiger partial charge in [-0.1, -0.05) is 66.7 Å². The molecular weight excluding hydrogens is 284 g/mol. The molecule has 0 radical (unpaired) electrons. The number of carbonyl (C=O) groups is 1. The van der Waals surface area contributed by atoms with Crippen LogP contribution in [0, 0.1) is 0 Å². The van der Waals surface area contributed by atoms with Crippen molar-refractivity contribution < 1.29 is 4.79 Å². The summed E-state index contributed by atoms with van der Waals surface area (Å²) in [5.41, 5.74) is 5.95. The van der Waals surface area contributed by atoms with Gasteiger partial charge in [-0.15, -0.1) is 0 Å². The van der Waals surface area contributed by atoms with Crippen LogP contribution in [-0.4, -0.2) is 11.5 Å². The zero-order valence-corrected chi connectivity index (χ0v) is 12.4. The summed E-state index contributed by atoms with van der Waals surface area (Å²) in [5.74, 6) is -0.0849. The Balaban J connectivity index is 1.76. The van der Waals surface area contributed by atoms with Gasteiger partial charge in [0.05, 0.1) is 5.69 Å². The van der Waals surface area contributed by atoms with E-state index in [-0.39, 0.29) is 5.78 Å². The summed E-state index contributed by atoms with van der Waals surface area (Å²) >= 11 is 0. The molecule has 1 N–H and O–H groups in total. The van der Waals surface area contributed by atoms with E-state index >= 15 is 0 Å². The van der Waals surface area contributed by atoms with Gasteiger partial charge in [0.25, 0.3) is 0 Å². The van der Waals surface area contributed by atoms with Crippen LogP contribution in [0.5, 0.6) is 0 Å². The summed E-state index contributed by atoms with van der Waals surface area (Å²) in [5, 5.41) is 6.27. The van der Waals surface area contributed by atoms with E-state index in [0.717, 1.165) is 22.0 Å². The molecule has 3 nitrogen and oxygen atoms in total. The van der Waals surface area contributed by atoms with Crippen LogP contribution in [0.3, 0.4) is 0 Å². The smallest absolute Gasteiger partial charge is 0.213 e. The number of ketones is 1. The third-order valence-electron chi connectivity index (χ3n) is 3.95. The monoisotopic (exact) mass is 298 g/mol. The topological polar surface area (TPSA) is 41.5 Å². The summed E-state index contributed by atoms with van der Waals surface area (Å²) in [6, 6.07) is 21.5. The van der Waals surface area contributed by atoms with E-state index in [0.29, 0.717) is 11.3 Å². The van der Waals surface area contributed by atoms with E-state index in [9.17, 15) is 4.79 Å². The van der Waals surface area contributed by atoms with Crippen LogP contribution in [-0.2, 0) is 0 Å². The van der Waals surface area contributed by atoms with Gasteiger partial charge in [-0.2, -0.15) is 5.10 Å². The molecule has 0 saturated heterocycles. The minimum Gasteiger partial charge on any atom is -0.287 e. The van der Waals surface area contributed by atoms with Crippen LogP contribution in [0.25, 0.3) is 16.8 Å². The fourth-order valence-corrected chi connectivity index (χ4v) is 2.76. The second-order valence-electron chi connectivity index (χ2n) is 5.39. The number of nitrogens with one attached hydrogen (secondary N) is 1. The third-order valence-corrected chi connectivity index (χ3v) is 3.95. The second kappa shape index (κ2) is 5.54. The normalized spacial score (nSPS) is 13.0. The van der Waals surface area contributed by atoms with Gasteiger partial charge in [0.2, 0.25) is 5.78 Å². The predicted octanol–water partition coefficient (Wildman–Crippen LogP) is 4.52. The highest BCUT2D eigenvalue weighted by atomic mass is 16.1. The van der Waals surface area contributed by atoms with E-state index in [1.807, 2.05) is 72.8 Å². The van der Waals surface area contributed by atoms with Crippen molar-refractivity contribution in [3.05, 3.63) is 83.9 Å². The predicted molar refractivity (Wildman–Crippen MR) is 94.8 cm³/mol. The highest BCUT2D eigenvalue weighted by Crippen LogP contribution is 2.22. The number of hydrazone groups is 1. The average Bonchev–Trinajstić information content (AvgIpc) is 2.83. The van der Waals surface area contributed by atoms with Gasteiger partial charge in [-0.05, 0) is 28.5 Å². The Morgan fingerprint density at radius 2 is 1.61 bits per heavy atom. The molecule has 110 valence electrons. The Morgan fingerprint density at radius 3 is 2.57 bits per heavy atom. The molecule has 0 fully saturated rings. The van der Waals surface area contributed by atoms with Gasteiger partial charge < -0.3 is 0 Å². The van der Waals surface area contributed by atoms with Crippen LogP contribution >= 0.6 is 0 Å². The lowest BCUT2D eigenvalue weighted by molar-refractivity contribution is 0.106. The van der Waals surface area contributed by atoms with Crippen molar-refractivity contribution in [2.45, 2.75) is 0 Å². The number of allylic oxidation sites excluding steroid dienone is 1. The molecule has 4 rings (SSSR count). The molecule has 0 atom stereocenters. The first-order valence-electron chi connectivity index (χ1n) is 7.46. The molecule has 0 amide bonds. The number of nitrogens with zero attached hydrogens (tertiary/aromatic N) is 1. The van der Waals surface area contributed by atoms with Crippen molar-refractivity contribution in [3.8, 4) is 0 Å². The van der Waals surface area contributed by atoms with Crippen LogP contribution in [0.1, 0.15) is 15.9 Å². The maximum atomic E-state index is 12.9. The number of hydrogen-bond donors (Lipinski definition) is 1. The Kier molecular flexibility index (Phi) is 3.24. The van der Waals surface area contributed by atoms with Gasteiger partial charge >= 0.3 is 0 Å². The first-order valence-corrected chi connectivity index (χ1v) is 7.46. The molecule has 0 spiro atoms. The summed E-state index contributed by atoms with van der Waals surface area (Å²) in [4.78, 5) is 12.9. The summed E-state index contributed by atoms with van der Waals surface area (Å²) in [6.45, 7) is 0. The lowest BCUT2D eigenvalue weighted by Crippen LogP contribution is -2.13. The van der Waals surface area contributed by atoms with Crippen LogP contribution in [0.2, 0.25) is 0 Å². The zero-order chi connectivity index (χ0) is 15.6. The SMILES string of the molecule is O=C(C1=NNc2ccccc2C=C1)c1cccc2ccccc12. The highest BCUT2D eigenvalue weighted by molar-refractivity contribution is 6.52. The molecule has 1 aliphatic rings. The van der Waals surface area contributed by atoms with Gasteiger partial charge in [0.1, 0.15) is 5.71 Å². The standard InChI is InChI=1S/C20H14N2O/c23-20(17-10-5-8-14-6-1-3-9-16(14)17)19-13-12-15-7-2-4-11-18(15)21-22-19/h1-13,21H. The molecule has 0 aliphatic carbocycles. The van der Waals surface area contributed by atoms with Gasteiger partial charge in [-0.25, -0.2) is 0 Å². The van der Waals surface area contributed by atoms with Gasteiger partial charge in [-0.3, -0.25) is 10.2 Å². The number of carbonyl (C=O) groups excluding carboxylic acids is 1. The molecule has 23 heavy (non-hydrogen) atoms. The van der Waals surface area contributed by atoms with Crippen molar-refractivity contribution in [2.24, 2.45) is 5.10 Å². The van der Waals surface area contributed by atoms with Crippen molar-refractivity contribution in [1.29, 1.82) is 0 Å². The van der Waals surface area contributed by atoms with Gasteiger partial charge in [0.15, 0.2) is 0 Å². The molecule has 1 heterocycles. The number of anilines is 1. The second-order valence-corrected chi connectivity index (χ2v) is 5.39. The number of rotatable bonds is 2. The first-order chi connectivity index (χ1) is 11.3. The van der Waals surface area contributed by atoms with Crippen molar-refractivity contribution in [3.63, 3.8) is 0 Å². The highest BCUT2D eigenvalue weighted by Gasteiger charge is 2.16. The molecular formula is C20H14N2O. The molecule has 3 heteroatoms. The Bertz CT molecular complexity index is 965. The molecule has 0 saturated carbocycles. The summed E-state index contributed by atoms with van der Waals surface area (Å²) in [6.07, 6.45) is 3.68. The van der Waals surface area contributed by atoms with Crippen molar-refractivity contribution in [2.75, 3.05) is 5.43 Å². The molecule has 1 aliphatic heterocycles. The van der Waals surface area contributed by atoms with Crippen LogP contribution in [0.4, 0.5) is 5.69 Å². The third kappa shape index (κ3) is 2.42. The molecule has 3 aromatic rings. The molecule has 3 aromatic carbocycles. The number of benzene rings is 3. The zero-order valence-electron chi connectivity index (χ0n) is 12.4. The van der Waals surface area contributed by atoms with E-state index in [1.54, 1.807) is 6.08 Å². The summed E-state index contributed by atoms with van der Waals surface area (Å²) < 4.78 is 0. The van der Waals surface area contributed by atoms with E-state index in [4.69, 9.17) is 0 Å². The fraction of sp³-hybridized carbons (Fsp3) is 0. The summed E-state index contributed by atoms with van der Waals surface area (Å²) in [7, 11) is 0. The lowest BCUT2D eigenvalue weighted by atomic mass is 9.98. The Hall–Kier alpha value is -3.20. The van der Waals surface area contributed by atoms with Crippen LogP contribution in [0.15, 0.2) is 77.9 Å². The average molecular weight is 298 g/mol. The first kappa shape index (κ1) is 13.5. The molecule has 0 bridgehead atoms. The minimum atomic E-state index is -0.0849. The van der Waals surface area contributed by atoms with E-state index in [1.165, 1.54) is 0 Å². The number of fused-ring (bicyclic) bond motifs is 2. The largest absolute Gasteiger partial charge is 0.287 e. The molecule has 0 aromatic heterocycles.